The third-order valence-electron chi connectivity index (χ3n) is 2.33. The molecule has 0 heterocycles. The first kappa shape index (κ1) is 13.6. The van der Waals surface area contributed by atoms with Crippen molar-refractivity contribution in [2.45, 2.75) is 19.0 Å². The molecule has 0 radical (unpaired) electrons. The second kappa shape index (κ2) is 4.44. The second-order valence-electron chi connectivity index (χ2n) is 3.52. The van der Waals surface area contributed by atoms with Crippen molar-refractivity contribution in [1.29, 1.82) is 0 Å². The Balaban J connectivity index is 3.39. The zero-order valence-corrected chi connectivity index (χ0v) is 9.43. The van der Waals surface area contributed by atoms with Gasteiger partial charge in [0, 0.05) is 0 Å². The van der Waals surface area contributed by atoms with Crippen LogP contribution in [-0.2, 0) is 11.0 Å². The number of halogens is 4. The summed E-state index contributed by atoms with van der Waals surface area (Å²) in [7, 11) is 0. The van der Waals surface area contributed by atoms with E-state index in [4.69, 9.17) is 22.4 Å². The van der Waals surface area contributed by atoms with E-state index in [1.165, 1.54) is 6.92 Å². The lowest BCUT2D eigenvalue weighted by Crippen LogP contribution is -2.13. The number of carboxylic acid groups (broad SMARTS) is 1. The summed E-state index contributed by atoms with van der Waals surface area (Å²) < 4.78 is 37.8. The molecule has 1 atom stereocenters. The van der Waals surface area contributed by atoms with Crippen molar-refractivity contribution in [3.05, 3.63) is 28.3 Å². The lowest BCUT2D eigenvalue weighted by molar-refractivity contribution is -0.139. The van der Waals surface area contributed by atoms with Crippen LogP contribution in [0.4, 0.5) is 18.9 Å². The molecular weight excluding hydrogens is 259 g/mol. The van der Waals surface area contributed by atoms with E-state index < -0.39 is 29.3 Å². The highest BCUT2D eigenvalue weighted by atomic mass is 35.5. The summed E-state index contributed by atoms with van der Waals surface area (Å²) in [5.74, 6) is -2.33. The predicted octanol–water partition coefficient (Wildman–Crippen LogP) is 3.13. The van der Waals surface area contributed by atoms with Gasteiger partial charge in [-0.2, -0.15) is 13.2 Å². The normalized spacial score (nSPS) is 13.5. The van der Waals surface area contributed by atoms with Crippen LogP contribution in [-0.4, -0.2) is 11.1 Å². The van der Waals surface area contributed by atoms with Gasteiger partial charge < -0.3 is 10.8 Å². The topological polar surface area (TPSA) is 63.3 Å². The number of aliphatic carboxylic acids is 1. The summed E-state index contributed by atoms with van der Waals surface area (Å²) in [5.41, 5.74) is 3.46. The number of hydrogen-bond donors (Lipinski definition) is 2. The zero-order valence-electron chi connectivity index (χ0n) is 8.68. The van der Waals surface area contributed by atoms with Gasteiger partial charge >= 0.3 is 12.1 Å². The van der Waals surface area contributed by atoms with Gasteiger partial charge in [-0.1, -0.05) is 11.6 Å². The number of alkyl halides is 3. The van der Waals surface area contributed by atoms with Crippen LogP contribution < -0.4 is 5.73 Å². The van der Waals surface area contributed by atoms with Crippen molar-refractivity contribution < 1.29 is 23.1 Å². The maximum atomic E-state index is 12.6. The van der Waals surface area contributed by atoms with Gasteiger partial charge in [-0.15, -0.1) is 0 Å². The molecule has 1 rings (SSSR count). The largest absolute Gasteiger partial charge is 0.481 e. The molecule has 0 bridgehead atoms. The third-order valence-corrected chi connectivity index (χ3v) is 2.64. The van der Waals surface area contributed by atoms with Crippen LogP contribution in [0.15, 0.2) is 12.1 Å². The fourth-order valence-electron chi connectivity index (χ4n) is 1.27. The lowest BCUT2D eigenvalue weighted by Gasteiger charge is -2.15. The van der Waals surface area contributed by atoms with E-state index in [1.807, 2.05) is 0 Å². The summed E-state index contributed by atoms with van der Waals surface area (Å²) in [5, 5.41) is 8.43. The molecule has 1 unspecified atom stereocenters. The van der Waals surface area contributed by atoms with Crippen molar-refractivity contribution in [2.75, 3.05) is 5.73 Å². The van der Waals surface area contributed by atoms with Crippen LogP contribution in [0, 0.1) is 0 Å². The number of carboxylic acids is 1. The number of nitrogens with two attached hydrogens (primary N) is 1. The molecule has 17 heavy (non-hydrogen) atoms. The van der Waals surface area contributed by atoms with Gasteiger partial charge in [-0.25, -0.2) is 0 Å². The Morgan fingerprint density at radius 1 is 1.47 bits per heavy atom. The highest BCUT2D eigenvalue weighted by Gasteiger charge is 2.35. The Hall–Kier alpha value is -1.43. The molecule has 94 valence electrons. The SMILES string of the molecule is CC(C(=O)O)c1cc(Cl)c(N)c(C(F)(F)F)c1. The van der Waals surface area contributed by atoms with Crippen LogP contribution in [0.5, 0.6) is 0 Å². The first-order valence-electron chi connectivity index (χ1n) is 4.53. The van der Waals surface area contributed by atoms with Crippen LogP contribution in [0.2, 0.25) is 5.02 Å². The van der Waals surface area contributed by atoms with E-state index in [0.717, 1.165) is 6.07 Å². The predicted molar refractivity (Wildman–Crippen MR) is 56.9 cm³/mol. The molecule has 0 saturated heterocycles. The van der Waals surface area contributed by atoms with Crippen molar-refractivity contribution in [2.24, 2.45) is 0 Å². The van der Waals surface area contributed by atoms with E-state index in [9.17, 15) is 18.0 Å². The Labute approximate surface area is 100.0 Å². The van der Waals surface area contributed by atoms with E-state index >= 15 is 0 Å². The van der Waals surface area contributed by atoms with E-state index in [-0.39, 0.29) is 10.6 Å². The highest BCUT2D eigenvalue weighted by molar-refractivity contribution is 6.33. The average Bonchev–Trinajstić information content (AvgIpc) is 2.18. The smallest absolute Gasteiger partial charge is 0.418 e. The number of nitrogen functional groups attached to an aromatic ring is 1. The minimum Gasteiger partial charge on any atom is -0.481 e. The Morgan fingerprint density at radius 2 is 2.00 bits per heavy atom. The molecule has 0 aliphatic rings. The van der Waals surface area contributed by atoms with Gasteiger partial charge in [0.1, 0.15) is 0 Å². The summed E-state index contributed by atoms with van der Waals surface area (Å²) in [4.78, 5) is 10.7. The molecule has 0 spiro atoms. The summed E-state index contributed by atoms with van der Waals surface area (Å²) in [6.07, 6.45) is -4.66. The van der Waals surface area contributed by atoms with Crippen molar-refractivity contribution in [3.8, 4) is 0 Å². The first-order valence-corrected chi connectivity index (χ1v) is 4.91. The second-order valence-corrected chi connectivity index (χ2v) is 3.93. The number of carbonyl (C=O) groups is 1. The molecule has 0 amide bonds. The fourth-order valence-corrected chi connectivity index (χ4v) is 1.49. The summed E-state index contributed by atoms with van der Waals surface area (Å²) in [6, 6.07) is 1.84. The lowest BCUT2D eigenvalue weighted by atomic mass is 9.98. The summed E-state index contributed by atoms with van der Waals surface area (Å²) >= 11 is 5.56. The van der Waals surface area contributed by atoms with Gasteiger partial charge in [0.05, 0.1) is 22.2 Å². The maximum Gasteiger partial charge on any atom is 0.418 e. The Kier molecular flexibility index (Phi) is 3.56. The molecule has 0 saturated carbocycles. The first-order chi connectivity index (χ1) is 7.64. The van der Waals surface area contributed by atoms with Gasteiger partial charge in [-0.3, -0.25) is 4.79 Å². The minimum atomic E-state index is -4.66. The van der Waals surface area contributed by atoms with Crippen LogP contribution >= 0.6 is 11.6 Å². The number of anilines is 1. The quantitative estimate of drug-likeness (QED) is 0.809. The average molecular weight is 268 g/mol. The van der Waals surface area contributed by atoms with Crippen LogP contribution in [0.3, 0.4) is 0 Å². The third kappa shape index (κ3) is 2.82. The molecule has 3 nitrogen and oxygen atoms in total. The van der Waals surface area contributed by atoms with Crippen molar-refractivity contribution >= 4 is 23.3 Å². The van der Waals surface area contributed by atoms with E-state index in [1.54, 1.807) is 0 Å². The number of hydrogen-bond acceptors (Lipinski definition) is 2. The van der Waals surface area contributed by atoms with Gasteiger partial charge in [0.2, 0.25) is 0 Å². The zero-order chi connectivity index (χ0) is 13.4. The highest BCUT2D eigenvalue weighted by Crippen LogP contribution is 2.39. The minimum absolute atomic E-state index is 0.0379. The van der Waals surface area contributed by atoms with Gasteiger partial charge in [0.25, 0.3) is 0 Å². The Morgan fingerprint density at radius 3 is 2.41 bits per heavy atom. The van der Waals surface area contributed by atoms with Crippen molar-refractivity contribution in [3.63, 3.8) is 0 Å². The molecule has 3 N–H and O–H groups in total. The molecule has 0 fully saturated rings. The van der Waals surface area contributed by atoms with E-state index in [0.29, 0.717) is 6.07 Å². The fraction of sp³-hybridized carbons (Fsp3) is 0.300. The van der Waals surface area contributed by atoms with Crippen LogP contribution in [0.1, 0.15) is 24.0 Å². The van der Waals surface area contributed by atoms with E-state index in [2.05, 4.69) is 0 Å². The van der Waals surface area contributed by atoms with Gasteiger partial charge in [0.15, 0.2) is 0 Å². The summed E-state index contributed by atoms with van der Waals surface area (Å²) in [6.45, 7) is 1.27. The maximum absolute atomic E-state index is 12.6. The monoisotopic (exact) mass is 267 g/mol. The molecule has 7 heteroatoms. The van der Waals surface area contributed by atoms with Crippen molar-refractivity contribution in [1.82, 2.24) is 0 Å². The standard InChI is InChI=1S/C10H9ClF3NO2/c1-4(9(16)17)5-2-6(10(12,13)14)8(15)7(11)3-5/h2-4H,15H2,1H3,(H,16,17). The molecular formula is C10H9ClF3NO2. The molecule has 0 aliphatic carbocycles. The molecule has 1 aromatic carbocycles. The molecule has 0 aromatic heterocycles. The van der Waals surface area contributed by atoms with Crippen LogP contribution in [0.25, 0.3) is 0 Å². The molecule has 1 aromatic rings. The number of benzene rings is 1. The van der Waals surface area contributed by atoms with Gasteiger partial charge in [-0.05, 0) is 24.6 Å². The molecule has 0 aliphatic heterocycles. The Bertz CT molecular complexity index is 460. The number of rotatable bonds is 2.